The van der Waals surface area contributed by atoms with E-state index in [9.17, 15) is 4.79 Å². The van der Waals surface area contributed by atoms with Gasteiger partial charge in [0.15, 0.2) is 0 Å². The van der Waals surface area contributed by atoms with Crippen LogP contribution in [-0.4, -0.2) is 23.7 Å². The Morgan fingerprint density at radius 3 is 2.90 bits per heavy atom. The molecule has 1 rings (SSSR count). The number of aliphatic hydroxyl groups is 1. The second kappa shape index (κ2) is 9.17. The number of amides is 1. The number of unbranched alkanes of at least 4 members (excludes halogenated alkanes) is 2. The maximum atomic E-state index is 12.1. The van der Waals surface area contributed by atoms with Crippen molar-refractivity contribution in [1.29, 1.82) is 0 Å². The number of hydrogen-bond acceptors (Lipinski definition) is 2. The van der Waals surface area contributed by atoms with Gasteiger partial charge in [0.1, 0.15) is 6.61 Å². The van der Waals surface area contributed by atoms with Gasteiger partial charge in [-0.05, 0) is 31.5 Å². The van der Waals surface area contributed by atoms with E-state index in [1.807, 2.05) is 13.0 Å². The summed E-state index contributed by atoms with van der Waals surface area (Å²) in [5.41, 5.74) is 1.35. The van der Waals surface area contributed by atoms with Crippen molar-refractivity contribution in [3.05, 3.63) is 35.4 Å². The fourth-order valence-electron chi connectivity index (χ4n) is 1.96. The average Bonchev–Trinajstić information content (AvgIpc) is 2.45. The number of aliphatic hydroxyl groups excluding tert-OH is 1. The molecule has 0 radical (unpaired) electrons. The van der Waals surface area contributed by atoms with Crippen molar-refractivity contribution in [3.8, 4) is 11.8 Å². The Bertz CT molecular complexity index is 485. The summed E-state index contributed by atoms with van der Waals surface area (Å²) < 4.78 is 0. The van der Waals surface area contributed by atoms with Gasteiger partial charge in [-0.3, -0.25) is 4.79 Å². The van der Waals surface area contributed by atoms with Crippen LogP contribution in [-0.2, 0) is 0 Å². The largest absolute Gasteiger partial charge is 0.384 e. The zero-order chi connectivity index (χ0) is 14.8. The molecule has 1 atom stereocenters. The van der Waals surface area contributed by atoms with Crippen LogP contribution in [0.2, 0.25) is 0 Å². The fourth-order valence-corrected chi connectivity index (χ4v) is 1.96. The third-order valence-electron chi connectivity index (χ3n) is 3.05. The summed E-state index contributed by atoms with van der Waals surface area (Å²) in [5.74, 6) is 5.32. The first kappa shape index (κ1) is 16.3. The SMILES string of the molecule is CCCCCC(C)NC(=O)c1cccc(C#CCO)c1. The minimum atomic E-state index is -0.176. The van der Waals surface area contributed by atoms with E-state index in [-0.39, 0.29) is 18.6 Å². The van der Waals surface area contributed by atoms with Crippen LogP contribution >= 0.6 is 0 Å². The van der Waals surface area contributed by atoms with Gasteiger partial charge >= 0.3 is 0 Å². The molecule has 20 heavy (non-hydrogen) atoms. The van der Waals surface area contributed by atoms with E-state index in [2.05, 4.69) is 24.1 Å². The lowest BCUT2D eigenvalue weighted by Crippen LogP contribution is -2.32. The quantitative estimate of drug-likeness (QED) is 0.618. The normalized spacial score (nSPS) is 11.3. The Hall–Kier alpha value is -1.79. The Morgan fingerprint density at radius 1 is 1.40 bits per heavy atom. The van der Waals surface area contributed by atoms with Crippen LogP contribution in [0.25, 0.3) is 0 Å². The maximum Gasteiger partial charge on any atom is 0.251 e. The number of carbonyl (C=O) groups excluding carboxylic acids is 1. The van der Waals surface area contributed by atoms with Crippen molar-refractivity contribution in [2.45, 2.75) is 45.6 Å². The Balaban J connectivity index is 2.58. The third kappa shape index (κ3) is 5.90. The van der Waals surface area contributed by atoms with E-state index < -0.39 is 0 Å². The first-order valence-corrected chi connectivity index (χ1v) is 7.18. The predicted molar refractivity (Wildman–Crippen MR) is 81.5 cm³/mol. The lowest BCUT2D eigenvalue weighted by molar-refractivity contribution is 0.0938. The van der Waals surface area contributed by atoms with E-state index in [0.29, 0.717) is 5.56 Å². The predicted octanol–water partition coefficient (Wildman–Crippen LogP) is 2.73. The third-order valence-corrected chi connectivity index (χ3v) is 3.05. The van der Waals surface area contributed by atoms with Crippen molar-refractivity contribution in [3.63, 3.8) is 0 Å². The summed E-state index contributed by atoms with van der Waals surface area (Å²) in [6.07, 6.45) is 4.53. The fraction of sp³-hybridized carbons (Fsp3) is 0.471. The molecule has 1 amide bonds. The molecular formula is C17H23NO2. The summed E-state index contributed by atoms with van der Waals surface area (Å²) >= 11 is 0. The molecule has 0 aromatic heterocycles. The zero-order valence-electron chi connectivity index (χ0n) is 12.3. The van der Waals surface area contributed by atoms with Gasteiger partial charge in [0.05, 0.1) is 0 Å². The molecule has 3 nitrogen and oxygen atoms in total. The monoisotopic (exact) mass is 273 g/mol. The van der Waals surface area contributed by atoms with E-state index >= 15 is 0 Å². The molecule has 0 spiro atoms. The molecule has 108 valence electrons. The van der Waals surface area contributed by atoms with E-state index in [0.717, 1.165) is 18.4 Å². The Labute approximate surface area is 121 Å². The van der Waals surface area contributed by atoms with Crippen molar-refractivity contribution < 1.29 is 9.90 Å². The summed E-state index contributed by atoms with van der Waals surface area (Å²) in [6, 6.07) is 7.33. The van der Waals surface area contributed by atoms with Crippen LogP contribution in [0.4, 0.5) is 0 Å². The molecule has 0 aliphatic heterocycles. The van der Waals surface area contributed by atoms with Crippen LogP contribution in [0.15, 0.2) is 24.3 Å². The highest BCUT2D eigenvalue weighted by Crippen LogP contribution is 2.07. The maximum absolute atomic E-state index is 12.1. The van der Waals surface area contributed by atoms with Gasteiger partial charge in [-0.25, -0.2) is 0 Å². The standard InChI is InChI=1S/C17H23NO2/c1-3-4-5-8-14(2)18-17(20)16-11-6-9-15(13-16)10-7-12-19/h6,9,11,13-14,19H,3-5,8,12H2,1-2H3,(H,18,20). The number of benzene rings is 1. The van der Waals surface area contributed by atoms with Gasteiger partial charge in [-0.2, -0.15) is 0 Å². The van der Waals surface area contributed by atoms with Crippen molar-refractivity contribution in [2.75, 3.05) is 6.61 Å². The van der Waals surface area contributed by atoms with Gasteiger partial charge in [0.2, 0.25) is 0 Å². The molecule has 1 aromatic rings. The Kier molecular flexibility index (Phi) is 7.46. The number of nitrogens with one attached hydrogen (secondary N) is 1. The van der Waals surface area contributed by atoms with Crippen molar-refractivity contribution in [2.24, 2.45) is 0 Å². The van der Waals surface area contributed by atoms with Crippen LogP contribution in [0.1, 0.15) is 55.5 Å². The van der Waals surface area contributed by atoms with Crippen LogP contribution < -0.4 is 5.32 Å². The molecule has 0 saturated heterocycles. The summed E-state index contributed by atoms with van der Waals surface area (Å²) in [5, 5.41) is 11.7. The van der Waals surface area contributed by atoms with Crippen LogP contribution in [0.3, 0.4) is 0 Å². The first-order chi connectivity index (χ1) is 9.67. The summed E-state index contributed by atoms with van der Waals surface area (Å²) in [4.78, 5) is 12.1. The second-order valence-electron chi connectivity index (χ2n) is 4.91. The highest BCUT2D eigenvalue weighted by atomic mass is 16.2. The zero-order valence-corrected chi connectivity index (χ0v) is 12.3. The lowest BCUT2D eigenvalue weighted by Gasteiger charge is -2.13. The first-order valence-electron chi connectivity index (χ1n) is 7.18. The minimum absolute atomic E-state index is 0.0679. The van der Waals surface area contributed by atoms with E-state index in [4.69, 9.17) is 5.11 Å². The Morgan fingerprint density at radius 2 is 2.20 bits per heavy atom. The van der Waals surface area contributed by atoms with E-state index in [1.165, 1.54) is 12.8 Å². The van der Waals surface area contributed by atoms with Gasteiger partial charge in [-0.15, -0.1) is 0 Å². The molecular weight excluding hydrogens is 250 g/mol. The van der Waals surface area contributed by atoms with E-state index in [1.54, 1.807) is 18.2 Å². The summed E-state index contributed by atoms with van der Waals surface area (Å²) in [6.45, 7) is 4.02. The molecule has 0 fully saturated rings. The van der Waals surface area contributed by atoms with Crippen LogP contribution in [0, 0.1) is 11.8 Å². The molecule has 0 heterocycles. The van der Waals surface area contributed by atoms with Crippen LogP contribution in [0.5, 0.6) is 0 Å². The molecule has 0 bridgehead atoms. The molecule has 0 aliphatic rings. The lowest BCUT2D eigenvalue weighted by atomic mass is 10.1. The molecule has 1 aromatic carbocycles. The van der Waals surface area contributed by atoms with Crippen molar-refractivity contribution >= 4 is 5.91 Å². The molecule has 1 unspecified atom stereocenters. The highest BCUT2D eigenvalue weighted by molar-refractivity contribution is 5.94. The molecule has 0 aliphatic carbocycles. The summed E-state index contributed by atoms with van der Waals surface area (Å²) in [7, 11) is 0. The van der Waals surface area contributed by atoms with Gasteiger partial charge in [0, 0.05) is 17.2 Å². The smallest absolute Gasteiger partial charge is 0.251 e. The highest BCUT2D eigenvalue weighted by Gasteiger charge is 2.09. The topological polar surface area (TPSA) is 49.3 Å². The van der Waals surface area contributed by atoms with Crippen molar-refractivity contribution in [1.82, 2.24) is 5.32 Å². The molecule has 0 saturated carbocycles. The minimum Gasteiger partial charge on any atom is -0.384 e. The molecule has 2 N–H and O–H groups in total. The van der Waals surface area contributed by atoms with Gasteiger partial charge < -0.3 is 10.4 Å². The van der Waals surface area contributed by atoms with Gasteiger partial charge in [0.25, 0.3) is 5.91 Å². The second-order valence-corrected chi connectivity index (χ2v) is 4.91. The number of carbonyl (C=O) groups is 1. The molecule has 3 heteroatoms. The average molecular weight is 273 g/mol. The van der Waals surface area contributed by atoms with Gasteiger partial charge in [-0.1, -0.05) is 44.1 Å². The number of hydrogen-bond donors (Lipinski definition) is 2. The number of rotatable bonds is 6.